The Bertz CT molecular complexity index is 575. The molecule has 0 radical (unpaired) electrons. The molecule has 0 unspecified atom stereocenters. The fraction of sp³-hybridized carbons (Fsp3) is 0.611. The van der Waals surface area contributed by atoms with Crippen molar-refractivity contribution in [2.75, 3.05) is 71.3 Å². The van der Waals surface area contributed by atoms with Gasteiger partial charge in [-0.1, -0.05) is 0 Å². The smallest absolute Gasteiger partial charge is 0.248 e. The first kappa shape index (κ1) is 18.0. The Morgan fingerprint density at radius 2 is 2.00 bits per heavy atom. The van der Waals surface area contributed by atoms with Crippen molar-refractivity contribution in [1.82, 2.24) is 4.90 Å². The highest BCUT2D eigenvalue weighted by molar-refractivity contribution is 5.77. The lowest BCUT2D eigenvalue weighted by Gasteiger charge is -2.29. The van der Waals surface area contributed by atoms with Gasteiger partial charge in [-0.25, -0.2) is 0 Å². The van der Waals surface area contributed by atoms with Crippen LogP contribution < -0.4 is 9.64 Å². The number of morpholine rings is 1. The number of ether oxygens (including phenoxy) is 4. The summed E-state index contributed by atoms with van der Waals surface area (Å²) in [5, 5.41) is 0. The van der Waals surface area contributed by atoms with Gasteiger partial charge in [0.2, 0.25) is 5.91 Å². The molecule has 0 aromatic heterocycles. The van der Waals surface area contributed by atoms with Crippen molar-refractivity contribution in [3.8, 4) is 5.75 Å². The predicted molar refractivity (Wildman–Crippen MR) is 93.1 cm³/mol. The second-order valence-electron chi connectivity index (χ2n) is 6.10. The van der Waals surface area contributed by atoms with E-state index in [4.69, 9.17) is 18.9 Å². The molecule has 2 aliphatic heterocycles. The number of carbonyl (C=O) groups excluding carboxylic acids is 1. The van der Waals surface area contributed by atoms with Crippen LogP contribution in [0.2, 0.25) is 0 Å². The quantitative estimate of drug-likeness (QED) is 0.711. The molecule has 0 saturated carbocycles. The molecule has 1 aromatic carbocycles. The molecule has 25 heavy (non-hydrogen) atoms. The number of nitrogens with zero attached hydrogens (tertiary/aromatic N) is 2. The minimum atomic E-state index is -0.0238. The molecule has 0 atom stereocenters. The molecule has 1 fully saturated rings. The predicted octanol–water partition coefficient (Wildman–Crippen LogP) is 0.907. The molecule has 2 aliphatic rings. The Labute approximate surface area is 148 Å². The number of carbonyl (C=O) groups is 1. The fourth-order valence-corrected chi connectivity index (χ4v) is 3.00. The topological polar surface area (TPSA) is 60.5 Å². The van der Waals surface area contributed by atoms with Gasteiger partial charge in [0.1, 0.15) is 19.0 Å². The summed E-state index contributed by atoms with van der Waals surface area (Å²) in [5.41, 5.74) is 2.18. The summed E-state index contributed by atoms with van der Waals surface area (Å²) in [6.45, 7) is 5.84. The molecule has 2 heterocycles. The standard InChI is InChI=1S/C18H26N2O5/c1-22-10-11-24-14-18(21)20-6-9-25-17-3-2-16(12-15(17)13-20)19-4-7-23-8-5-19/h2-3,12H,4-11,13-14H2,1H3. The van der Waals surface area contributed by atoms with E-state index in [-0.39, 0.29) is 12.5 Å². The Kier molecular flexibility index (Phi) is 6.49. The molecular formula is C18H26N2O5. The van der Waals surface area contributed by atoms with Crippen LogP contribution in [-0.4, -0.2) is 77.2 Å². The van der Waals surface area contributed by atoms with Gasteiger partial charge < -0.3 is 28.7 Å². The highest BCUT2D eigenvalue weighted by Crippen LogP contribution is 2.28. The molecule has 138 valence electrons. The second-order valence-corrected chi connectivity index (χ2v) is 6.10. The third-order valence-corrected chi connectivity index (χ3v) is 4.41. The van der Waals surface area contributed by atoms with E-state index in [9.17, 15) is 4.79 Å². The average Bonchev–Trinajstić information content (AvgIpc) is 2.87. The summed E-state index contributed by atoms with van der Waals surface area (Å²) in [6.07, 6.45) is 0. The van der Waals surface area contributed by atoms with E-state index in [1.165, 1.54) is 0 Å². The lowest BCUT2D eigenvalue weighted by Crippen LogP contribution is -2.36. The van der Waals surface area contributed by atoms with Gasteiger partial charge in [-0.3, -0.25) is 4.79 Å². The molecule has 0 bridgehead atoms. The van der Waals surface area contributed by atoms with E-state index >= 15 is 0 Å². The number of fused-ring (bicyclic) bond motifs is 1. The third-order valence-electron chi connectivity index (χ3n) is 4.41. The minimum Gasteiger partial charge on any atom is -0.491 e. The van der Waals surface area contributed by atoms with Crippen LogP contribution in [0.15, 0.2) is 18.2 Å². The van der Waals surface area contributed by atoms with Crippen LogP contribution in [0.4, 0.5) is 5.69 Å². The summed E-state index contributed by atoms with van der Waals surface area (Å²) in [6, 6.07) is 6.21. The van der Waals surface area contributed by atoms with Crippen molar-refractivity contribution in [1.29, 1.82) is 0 Å². The summed E-state index contributed by atoms with van der Waals surface area (Å²) in [4.78, 5) is 16.5. The van der Waals surface area contributed by atoms with Gasteiger partial charge in [0.15, 0.2) is 0 Å². The largest absolute Gasteiger partial charge is 0.491 e. The molecule has 3 rings (SSSR count). The van der Waals surface area contributed by atoms with Crippen molar-refractivity contribution >= 4 is 11.6 Å². The maximum Gasteiger partial charge on any atom is 0.248 e. The van der Waals surface area contributed by atoms with Crippen LogP contribution in [0.1, 0.15) is 5.56 Å². The number of anilines is 1. The van der Waals surface area contributed by atoms with E-state index in [0.29, 0.717) is 32.9 Å². The zero-order chi connectivity index (χ0) is 17.5. The van der Waals surface area contributed by atoms with Crippen molar-refractivity contribution < 1.29 is 23.7 Å². The first-order valence-corrected chi connectivity index (χ1v) is 8.71. The SMILES string of the molecule is COCCOCC(=O)N1CCOc2ccc(N3CCOCC3)cc2C1. The lowest BCUT2D eigenvalue weighted by atomic mass is 10.1. The summed E-state index contributed by atoms with van der Waals surface area (Å²) >= 11 is 0. The zero-order valence-corrected chi connectivity index (χ0v) is 14.7. The van der Waals surface area contributed by atoms with Crippen molar-refractivity contribution in [2.24, 2.45) is 0 Å². The molecule has 1 aromatic rings. The van der Waals surface area contributed by atoms with Crippen LogP contribution in [0, 0.1) is 0 Å². The maximum absolute atomic E-state index is 12.4. The van der Waals surface area contributed by atoms with E-state index in [0.717, 1.165) is 43.3 Å². The van der Waals surface area contributed by atoms with Gasteiger partial charge in [0.05, 0.1) is 33.0 Å². The van der Waals surface area contributed by atoms with Crippen molar-refractivity contribution in [3.63, 3.8) is 0 Å². The Morgan fingerprint density at radius 3 is 2.80 bits per heavy atom. The zero-order valence-electron chi connectivity index (χ0n) is 14.7. The first-order valence-electron chi connectivity index (χ1n) is 8.71. The van der Waals surface area contributed by atoms with Crippen LogP contribution in [0.5, 0.6) is 5.75 Å². The highest BCUT2D eigenvalue weighted by Gasteiger charge is 2.21. The van der Waals surface area contributed by atoms with Gasteiger partial charge in [-0.05, 0) is 18.2 Å². The van der Waals surface area contributed by atoms with Crippen LogP contribution >= 0.6 is 0 Å². The minimum absolute atomic E-state index is 0.0238. The van der Waals surface area contributed by atoms with E-state index in [2.05, 4.69) is 17.0 Å². The maximum atomic E-state index is 12.4. The molecule has 1 saturated heterocycles. The first-order chi connectivity index (χ1) is 12.3. The number of amides is 1. The number of rotatable bonds is 6. The summed E-state index contributed by atoms with van der Waals surface area (Å²) in [5.74, 6) is 0.830. The third kappa shape index (κ3) is 4.84. The normalized spacial score (nSPS) is 17.6. The monoisotopic (exact) mass is 350 g/mol. The Morgan fingerprint density at radius 1 is 1.16 bits per heavy atom. The molecule has 7 heteroatoms. The molecule has 7 nitrogen and oxygen atoms in total. The van der Waals surface area contributed by atoms with Crippen molar-refractivity contribution in [3.05, 3.63) is 23.8 Å². The number of hydrogen-bond donors (Lipinski definition) is 0. The summed E-state index contributed by atoms with van der Waals surface area (Å²) < 4.78 is 21.5. The van der Waals surface area contributed by atoms with Gasteiger partial charge >= 0.3 is 0 Å². The number of hydrogen-bond acceptors (Lipinski definition) is 6. The van der Waals surface area contributed by atoms with Gasteiger partial charge in [0, 0.05) is 38.0 Å². The number of methoxy groups -OCH3 is 1. The van der Waals surface area contributed by atoms with E-state index in [1.807, 2.05) is 6.07 Å². The molecule has 0 aliphatic carbocycles. The second kappa shape index (κ2) is 9.03. The molecular weight excluding hydrogens is 324 g/mol. The Balaban J connectivity index is 1.64. The van der Waals surface area contributed by atoms with E-state index in [1.54, 1.807) is 12.0 Å². The highest BCUT2D eigenvalue weighted by atomic mass is 16.5. The average molecular weight is 350 g/mol. The van der Waals surface area contributed by atoms with Crippen LogP contribution in [0.25, 0.3) is 0 Å². The van der Waals surface area contributed by atoms with Gasteiger partial charge in [0.25, 0.3) is 0 Å². The molecule has 1 amide bonds. The fourth-order valence-electron chi connectivity index (χ4n) is 3.00. The van der Waals surface area contributed by atoms with Gasteiger partial charge in [-0.2, -0.15) is 0 Å². The molecule has 0 spiro atoms. The van der Waals surface area contributed by atoms with Crippen LogP contribution in [0.3, 0.4) is 0 Å². The molecule has 0 N–H and O–H groups in total. The van der Waals surface area contributed by atoms with Crippen molar-refractivity contribution in [2.45, 2.75) is 6.54 Å². The lowest BCUT2D eigenvalue weighted by molar-refractivity contribution is -0.137. The van der Waals surface area contributed by atoms with E-state index < -0.39 is 0 Å². The number of benzene rings is 1. The summed E-state index contributed by atoms with van der Waals surface area (Å²) in [7, 11) is 1.61. The van der Waals surface area contributed by atoms with Crippen LogP contribution in [-0.2, 0) is 25.5 Å². The Hall–Kier alpha value is -1.83. The van der Waals surface area contributed by atoms with Gasteiger partial charge in [-0.15, -0.1) is 0 Å².